The van der Waals surface area contributed by atoms with Crippen molar-refractivity contribution in [1.29, 1.82) is 5.26 Å². The second kappa shape index (κ2) is 6.30. The fourth-order valence-corrected chi connectivity index (χ4v) is 4.67. The van der Waals surface area contributed by atoms with Gasteiger partial charge in [0.25, 0.3) is 0 Å². The smallest absolute Gasteiger partial charge is 0.207 e. The van der Waals surface area contributed by atoms with Crippen molar-refractivity contribution in [2.24, 2.45) is 0 Å². The van der Waals surface area contributed by atoms with Gasteiger partial charge < -0.3 is 0 Å². The molecular formula is C12H7Cl2FN2O2S2. The molecule has 4 nitrogen and oxygen atoms in total. The lowest BCUT2D eigenvalue weighted by molar-refractivity contribution is 0.574. The SMILES string of the molecule is N#Cc1ccc(CNS(=O)(=O)c2cc(Cl)sc2Cl)c(F)c1. The van der Waals surface area contributed by atoms with Gasteiger partial charge in [0.05, 0.1) is 16.0 Å². The number of nitriles is 1. The molecule has 9 heteroatoms. The lowest BCUT2D eigenvalue weighted by atomic mass is 10.1. The first-order valence-electron chi connectivity index (χ1n) is 5.46. The van der Waals surface area contributed by atoms with E-state index in [2.05, 4.69) is 4.72 Å². The Hall–Kier alpha value is -1.17. The molecular weight excluding hydrogens is 358 g/mol. The summed E-state index contributed by atoms with van der Waals surface area (Å²) in [4.78, 5) is -0.145. The molecule has 0 spiro atoms. The van der Waals surface area contributed by atoms with Crippen molar-refractivity contribution in [2.75, 3.05) is 0 Å². The van der Waals surface area contributed by atoms with Crippen molar-refractivity contribution < 1.29 is 12.8 Å². The van der Waals surface area contributed by atoms with E-state index in [0.717, 1.165) is 17.4 Å². The summed E-state index contributed by atoms with van der Waals surface area (Å²) in [5.74, 6) is -0.661. The average Bonchev–Trinajstić information content (AvgIpc) is 2.77. The summed E-state index contributed by atoms with van der Waals surface area (Å²) >= 11 is 12.4. The van der Waals surface area contributed by atoms with Crippen LogP contribution in [0, 0.1) is 17.1 Å². The van der Waals surface area contributed by atoms with E-state index in [1.165, 1.54) is 18.2 Å². The van der Waals surface area contributed by atoms with Gasteiger partial charge in [-0.1, -0.05) is 29.3 Å². The van der Waals surface area contributed by atoms with Crippen molar-refractivity contribution in [2.45, 2.75) is 11.4 Å². The van der Waals surface area contributed by atoms with Gasteiger partial charge in [-0.25, -0.2) is 17.5 Å². The number of hydrogen-bond acceptors (Lipinski definition) is 4. The van der Waals surface area contributed by atoms with Gasteiger partial charge in [-0.2, -0.15) is 5.26 Å². The number of hydrogen-bond donors (Lipinski definition) is 1. The Kier molecular flexibility index (Phi) is 4.86. The third kappa shape index (κ3) is 3.73. The highest BCUT2D eigenvalue weighted by Gasteiger charge is 2.21. The van der Waals surface area contributed by atoms with Crippen LogP contribution in [0.5, 0.6) is 0 Å². The molecule has 1 N–H and O–H groups in total. The highest BCUT2D eigenvalue weighted by Crippen LogP contribution is 2.34. The minimum atomic E-state index is -3.89. The molecule has 0 radical (unpaired) electrons. The van der Waals surface area contributed by atoms with E-state index in [1.807, 2.05) is 0 Å². The summed E-state index contributed by atoms with van der Waals surface area (Å²) in [6, 6.07) is 6.81. The molecule has 0 fully saturated rings. The molecule has 0 aliphatic carbocycles. The van der Waals surface area contributed by atoms with Gasteiger partial charge in [0, 0.05) is 12.1 Å². The number of rotatable bonds is 4. The maximum Gasteiger partial charge on any atom is 0.243 e. The Bertz CT molecular complexity index is 828. The number of thiophene rings is 1. The van der Waals surface area contributed by atoms with E-state index in [1.54, 1.807) is 6.07 Å². The minimum Gasteiger partial charge on any atom is -0.207 e. The third-order valence-corrected chi connectivity index (χ3v) is 5.70. The Balaban J connectivity index is 2.20. The molecule has 0 aliphatic heterocycles. The number of sulfonamides is 1. The molecule has 1 aromatic heterocycles. The Morgan fingerprint density at radius 1 is 1.33 bits per heavy atom. The van der Waals surface area contributed by atoms with Gasteiger partial charge in [-0.05, 0) is 18.2 Å². The molecule has 0 bridgehead atoms. The third-order valence-electron chi connectivity index (χ3n) is 2.55. The lowest BCUT2D eigenvalue weighted by Gasteiger charge is -2.07. The van der Waals surface area contributed by atoms with Crippen LogP contribution in [0.2, 0.25) is 8.67 Å². The fourth-order valence-electron chi connectivity index (χ4n) is 1.52. The first kappa shape index (κ1) is 16.2. The van der Waals surface area contributed by atoms with Crippen LogP contribution in [0.25, 0.3) is 0 Å². The molecule has 1 heterocycles. The van der Waals surface area contributed by atoms with Gasteiger partial charge in [-0.15, -0.1) is 11.3 Å². The van der Waals surface area contributed by atoms with Crippen LogP contribution < -0.4 is 4.72 Å². The average molecular weight is 365 g/mol. The van der Waals surface area contributed by atoms with Crippen molar-refractivity contribution in [3.63, 3.8) is 0 Å². The summed E-state index contributed by atoms with van der Waals surface area (Å²) in [6.45, 7) is -0.260. The summed E-state index contributed by atoms with van der Waals surface area (Å²) in [5, 5.41) is 8.64. The van der Waals surface area contributed by atoms with Gasteiger partial charge >= 0.3 is 0 Å². The molecule has 0 unspecified atom stereocenters. The maximum atomic E-state index is 13.7. The van der Waals surface area contributed by atoms with Crippen molar-refractivity contribution in [3.05, 3.63) is 49.9 Å². The van der Waals surface area contributed by atoms with E-state index >= 15 is 0 Å². The van der Waals surface area contributed by atoms with Crippen LogP contribution in [-0.4, -0.2) is 8.42 Å². The summed E-state index contributed by atoms with van der Waals surface area (Å²) in [5.41, 5.74) is 0.279. The van der Waals surface area contributed by atoms with Gasteiger partial charge in [-0.3, -0.25) is 0 Å². The molecule has 0 saturated carbocycles. The van der Waals surface area contributed by atoms with Crippen LogP contribution in [0.15, 0.2) is 29.2 Å². The molecule has 2 aromatic rings. The largest absolute Gasteiger partial charge is 0.243 e. The fraction of sp³-hybridized carbons (Fsp3) is 0.0833. The molecule has 21 heavy (non-hydrogen) atoms. The number of benzene rings is 1. The van der Waals surface area contributed by atoms with Gasteiger partial charge in [0.1, 0.15) is 15.0 Å². The van der Waals surface area contributed by atoms with Crippen LogP contribution in [0.3, 0.4) is 0 Å². The zero-order chi connectivity index (χ0) is 15.6. The molecule has 0 amide bonds. The standard InChI is InChI=1S/C12H7Cl2FN2O2S2/c13-11-4-10(12(14)20-11)21(18,19)17-6-8-2-1-7(5-16)3-9(8)15/h1-4,17H,6H2. The highest BCUT2D eigenvalue weighted by molar-refractivity contribution is 7.89. The highest BCUT2D eigenvalue weighted by atomic mass is 35.5. The number of halogens is 3. The van der Waals surface area contributed by atoms with E-state index in [0.29, 0.717) is 0 Å². The van der Waals surface area contributed by atoms with Crippen molar-refractivity contribution in [1.82, 2.24) is 4.72 Å². The van der Waals surface area contributed by atoms with Crippen molar-refractivity contribution >= 4 is 44.6 Å². The Morgan fingerprint density at radius 3 is 2.57 bits per heavy atom. The Morgan fingerprint density at radius 2 is 2.05 bits per heavy atom. The quantitative estimate of drug-likeness (QED) is 0.901. The molecule has 2 rings (SSSR count). The molecule has 0 atom stereocenters. The summed E-state index contributed by atoms with van der Waals surface area (Å²) in [7, 11) is -3.89. The van der Waals surface area contributed by atoms with Gasteiger partial charge in [0.2, 0.25) is 10.0 Å². The molecule has 110 valence electrons. The van der Waals surface area contributed by atoms with E-state index in [9.17, 15) is 12.8 Å². The van der Waals surface area contributed by atoms with Crippen molar-refractivity contribution in [3.8, 4) is 6.07 Å². The van der Waals surface area contributed by atoms with Crippen LogP contribution >= 0.6 is 34.5 Å². The van der Waals surface area contributed by atoms with Crippen LogP contribution in [0.1, 0.15) is 11.1 Å². The second-order valence-corrected chi connectivity index (χ2v) is 7.95. The zero-order valence-corrected chi connectivity index (χ0v) is 13.4. The molecule has 1 aromatic carbocycles. The number of nitrogens with one attached hydrogen (secondary N) is 1. The second-order valence-electron chi connectivity index (χ2n) is 3.93. The normalized spacial score (nSPS) is 11.3. The first-order chi connectivity index (χ1) is 9.83. The minimum absolute atomic E-state index is 0.0350. The predicted octanol–water partition coefficient (Wildman–Crippen LogP) is 3.54. The Labute approximate surface area is 134 Å². The van der Waals surface area contributed by atoms with Crippen LogP contribution in [-0.2, 0) is 16.6 Å². The molecule has 0 aliphatic rings. The summed E-state index contributed by atoms with van der Waals surface area (Å²) < 4.78 is 40.3. The number of nitrogens with zero attached hydrogens (tertiary/aromatic N) is 1. The lowest BCUT2D eigenvalue weighted by Crippen LogP contribution is -2.23. The van der Waals surface area contributed by atoms with E-state index in [4.69, 9.17) is 28.5 Å². The topological polar surface area (TPSA) is 70.0 Å². The summed E-state index contributed by atoms with van der Waals surface area (Å²) in [6.07, 6.45) is 0. The van der Waals surface area contributed by atoms with Crippen LogP contribution in [0.4, 0.5) is 4.39 Å². The maximum absolute atomic E-state index is 13.7. The predicted molar refractivity (Wildman–Crippen MR) is 79.5 cm³/mol. The van der Waals surface area contributed by atoms with Gasteiger partial charge in [0.15, 0.2) is 0 Å². The monoisotopic (exact) mass is 364 g/mol. The van der Waals surface area contributed by atoms with E-state index in [-0.39, 0.29) is 31.2 Å². The van der Waals surface area contributed by atoms with E-state index < -0.39 is 15.8 Å². The molecule has 0 saturated heterocycles. The first-order valence-corrected chi connectivity index (χ1v) is 8.52. The zero-order valence-electron chi connectivity index (χ0n) is 10.2.